The molecule has 1 aromatic heterocycles. The van der Waals surface area contributed by atoms with E-state index in [1.165, 1.54) is 0 Å². The molecule has 5 heteroatoms. The van der Waals surface area contributed by atoms with Gasteiger partial charge in [0.05, 0.1) is 22.1 Å². The Labute approximate surface area is 133 Å². The normalized spacial score (nSPS) is 11.7. The third-order valence-corrected chi connectivity index (χ3v) is 4.12. The lowest BCUT2D eigenvalue weighted by atomic mass is 9.91. The number of ether oxygens (including phenoxy) is 1. The average molecular weight is 385 g/mol. The van der Waals surface area contributed by atoms with Gasteiger partial charge in [-0.25, -0.2) is 4.68 Å². The first-order chi connectivity index (χ1) is 9.31. The molecule has 0 amide bonds. The Kier molecular flexibility index (Phi) is 4.27. The van der Waals surface area contributed by atoms with Gasteiger partial charge in [0.25, 0.3) is 0 Å². The molecule has 0 aliphatic heterocycles. The molecular weight excluding hydrogens is 365 g/mol. The molecule has 4 nitrogen and oxygen atoms in total. The van der Waals surface area contributed by atoms with Crippen LogP contribution in [0.4, 0.5) is 5.82 Å². The second-order valence-corrected chi connectivity index (χ2v) is 7.07. The summed E-state index contributed by atoms with van der Waals surface area (Å²) in [6, 6.07) is 7.73. The van der Waals surface area contributed by atoms with E-state index in [1.807, 2.05) is 24.3 Å². The number of benzene rings is 1. The van der Waals surface area contributed by atoms with E-state index in [2.05, 4.69) is 48.5 Å². The zero-order valence-corrected chi connectivity index (χ0v) is 14.4. The Hall–Kier alpha value is -1.24. The van der Waals surface area contributed by atoms with Crippen molar-refractivity contribution in [3.8, 4) is 11.4 Å². The first-order valence-electron chi connectivity index (χ1n) is 6.49. The Morgan fingerprint density at radius 3 is 2.35 bits per heavy atom. The van der Waals surface area contributed by atoms with Gasteiger partial charge in [-0.05, 0) is 58.7 Å². The van der Waals surface area contributed by atoms with Crippen molar-refractivity contribution in [1.29, 1.82) is 0 Å². The molecule has 0 radical (unpaired) electrons. The van der Waals surface area contributed by atoms with E-state index in [1.54, 1.807) is 11.8 Å². The van der Waals surface area contributed by atoms with Crippen LogP contribution in [0.1, 0.15) is 26.5 Å². The van der Waals surface area contributed by atoms with Crippen molar-refractivity contribution in [2.45, 2.75) is 27.2 Å². The van der Waals surface area contributed by atoms with Gasteiger partial charge in [0.1, 0.15) is 11.6 Å². The molecule has 0 atom stereocenters. The smallest absolute Gasteiger partial charge is 0.141 e. The maximum Gasteiger partial charge on any atom is 0.141 e. The summed E-state index contributed by atoms with van der Waals surface area (Å²) < 4.78 is 8.00. The number of rotatable bonds is 3. The number of anilines is 1. The molecule has 1 aromatic carbocycles. The van der Waals surface area contributed by atoms with Crippen LogP contribution in [0.25, 0.3) is 5.69 Å². The second kappa shape index (κ2) is 5.63. The van der Waals surface area contributed by atoms with Gasteiger partial charge in [-0.15, -0.1) is 0 Å². The van der Waals surface area contributed by atoms with E-state index in [4.69, 9.17) is 10.5 Å². The van der Waals surface area contributed by atoms with Gasteiger partial charge >= 0.3 is 0 Å². The van der Waals surface area contributed by atoms with Crippen molar-refractivity contribution in [3.05, 3.63) is 33.5 Å². The third-order valence-electron chi connectivity index (χ3n) is 2.94. The molecule has 0 aliphatic rings. The highest BCUT2D eigenvalue weighted by atomic mass is 127. The number of nitrogens with zero attached hydrogens (tertiary/aromatic N) is 2. The maximum atomic E-state index is 6.19. The fourth-order valence-electron chi connectivity index (χ4n) is 1.99. The van der Waals surface area contributed by atoms with E-state index in [-0.39, 0.29) is 5.41 Å². The number of methoxy groups -OCH3 is 1. The summed E-state index contributed by atoms with van der Waals surface area (Å²) >= 11 is 2.27. The summed E-state index contributed by atoms with van der Waals surface area (Å²) in [7, 11) is 1.65. The Balaban J connectivity index is 2.39. The summed E-state index contributed by atoms with van der Waals surface area (Å²) in [6.45, 7) is 6.60. The average Bonchev–Trinajstić information content (AvgIpc) is 2.65. The van der Waals surface area contributed by atoms with Crippen LogP contribution < -0.4 is 10.5 Å². The monoisotopic (exact) mass is 385 g/mol. The number of hydrogen-bond donors (Lipinski definition) is 1. The second-order valence-electron chi connectivity index (χ2n) is 5.99. The molecule has 2 aromatic rings. The van der Waals surface area contributed by atoms with Crippen LogP contribution in [0, 0.1) is 8.99 Å². The van der Waals surface area contributed by atoms with Gasteiger partial charge in [-0.2, -0.15) is 5.10 Å². The number of aromatic nitrogens is 2. The minimum atomic E-state index is 0.186. The molecule has 2 rings (SSSR count). The first kappa shape index (κ1) is 15.2. The van der Waals surface area contributed by atoms with E-state index in [0.717, 1.165) is 27.1 Å². The fraction of sp³-hybridized carbons (Fsp3) is 0.400. The maximum absolute atomic E-state index is 6.19. The molecule has 0 bridgehead atoms. The zero-order chi connectivity index (χ0) is 14.9. The minimum Gasteiger partial charge on any atom is -0.497 e. The molecule has 0 spiro atoms. The number of hydrogen-bond acceptors (Lipinski definition) is 3. The molecular formula is C15H20IN3O. The highest BCUT2D eigenvalue weighted by Gasteiger charge is 2.20. The molecule has 0 fully saturated rings. The predicted octanol–water partition coefficient (Wildman–Crippen LogP) is 3.66. The van der Waals surface area contributed by atoms with Crippen LogP contribution in [0.3, 0.4) is 0 Å². The molecule has 20 heavy (non-hydrogen) atoms. The van der Waals surface area contributed by atoms with E-state index < -0.39 is 0 Å². The van der Waals surface area contributed by atoms with Crippen LogP contribution in [-0.2, 0) is 6.42 Å². The van der Waals surface area contributed by atoms with Gasteiger partial charge in [0.2, 0.25) is 0 Å². The summed E-state index contributed by atoms with van der Waals surface area (Å²) in [6.07, 6.45) is 0.901. The van der Waals surface area contributed by atoms with E-state index in [0.29, 0.717) is 5.82 Å². The van der Waals surface area contributed by atoms with Crippen molar-refractivity contribution in [3.63, 3.8) is 0 Å². The molecule has 0 saturated heterocycles. The molecule has 2 N–H and O–H groups in total. The van der Waals surface area contributed by atoms with Gasteiger partial charge in [0.15, 0.2) is 0 Å². The Morgan fingerprint density at radius 1 is 1.25 bits per heavy atom. The predicted molar refractivity (Wildman–Crippen MR) is 90.4 cm³/mol. The third kappa shape index (κ3) is 3.26. The summed E-state index contributed by atoms with van der Waals surface area (Å²) in [5.41, 5.74) is 8.37. The Morgan fingerprint density at radius 2 is 1.85 bits per heavy atom. The number of nitrogens with two attached hydrogens (primary N) is 1. The first-order valence-corrected chi connectivity index (χ1v) is 7.57. The van der Waals surface area contributed by atoms with Crippen molar-refractivity contribution >= 4 is 28.4 Å². The molecule has 1 heterocycles. The van der Waals surface area contributed by atoms with Gasteiger partial charge in [-0.3, -0.25) is 0 Å². The largest absolute Gasteiger partial charge is 0.497 e. The highest BCUT2D eigenvalue weighted by molar-refractivity contribution is 14.1. The van der Waals surface area contributed by atoms with E-state index >= 15 is 0 Å². The Bertz CT molecular complexity index is 597. The number of nitrogen functional groups attached to an aromatic ring is 1. The van der Waals surface area contributed by atoms with Crippen molar-refractivity contribution in [2.75, 3.05) is 12.8 Å². The summed E-state index contributed by atoms with van der Waals surface area (Å²) in [5, 5.41) is 4.66. The topological polar surface area (TPSA) is 53.1 Å². The minimum absolute atomic E-state index is 0.186. The van der Waals surface area contributed by atoms with Gasteiger partial charge in [0, 0.05) is 0 Å². The lowest BCUT2D eigenvalue weighted by Gasteiger charge is -2.16. The molecule has 0 unspecified atom stereocenters. The number of halogens is 1. The summed E-state index contributed by atoms with van der Waals surface area (Å²) in [5.74, 6) is 1.51. The quantitative estimate of drug-likeness (QED) is 0.821. The SMILES string of the molecule is COc1ccc(-n2nc(CC(C)(C)C)c(I)c2N)cc1. The van der Waals surface area contributed by atoms with E-state index in [9.17, 15) is 0 Å². The van der Waals surface area contributed by atoms with Crippen LogP contribution in [-0.4, -0.2) is 16.9 Å². The van der Waals surface area contributed by atoms with Crippen LogP contribution >= 0.6 is 22.6 Å². The molecule has 0 saturated carbocycles. The van der Waals surface area contributed by atoms with Gasteiger partial charge in [-0.1, -0.05) is 20.8 Å². The van der Waals surface area contributed by atoms with Gasteiger partial charge < -0.3 is 10.5 Å². The van der Waals surface area contributed by atoms with Crippen molar-refractivity contribution in [2.24, 2.45) is 5.41 Å². The van der Waals surface area contributed by atoms with Crippen molar-refractivity contribution in [1.82, 2.24) is 9.78 Å². The van der Waals surface area contributed by atoms with Crippen LogP contribution in [0.15, 0.2) is 24.3 Å². The van der Waals surface area contributed by atoms with Crippen LogP contribution in [0.5, 0.6) is 5.75 Å². The van der Waals surface area contributed by atoms with Crippen molar-refractivity contribution < 1.29 is 4.74 Å². The van der Waals surface area contributed by atoms with Crippen LogP contribution in [0.2, 0.25) is 0 Å². The zero-order valence-electron chi connectivity index (χ0n) is 12.3. The standard InChI is InChI=1S/C15H20IN3O/c1-15(2,3)9-12-13(16)14(17)19(18-12)10-5-7-11(20-4)8-6-10/h5-8H,9,17H2,1-4H3. The molecule has 0 aliphatic carbocycles. The molecule has 108 valence electrons. The summed E-state index contributed by atoms with van der Waals surface area (Å²) in [4.78, 5) is 0. The fourth-order valence-corrected chi connectivity index (χ4v) is 2.52. The lowest BCUT2D eigenvalue weighted by molar-refractivity contribution is 0.404. The highest BCUT2D eigenvalue weighted by Crippen LogP contribution is 2.28. The lowest BCUT2D eigenvalue weighted by Crippen LogP contribution is -2.10.